The number of aliphatic hydroxyl groups is 1. The van der Waals surface area contributed by atoms with Crippen LogP contribution in [0.25, 0.3) is 5.76 Å². The molecule has 1 fully saturated rings. The molecule has 0 bridgehead atoms. The molecule has 150 valence electrons. The van der Waals surface area contributed by atoms with Gasteiger partial charge in [0.15, 0.2) is 0 Å². The van der Waals surface area contributed by atoms with Crippen LogP contribution >= 0.6 is 0 Å². The van der Waals surface area contributed by atoms with Gasteiger partial charge >= 0.3 is 5.91 Å². The SMILES string of the molecule is CCOc1ccc(C2/C(=C(/O)c3ccccc3)C(=O)C(=O)N2c2ncccn2)cc1. The molecular formula is C23H19N3O4. The van der Waals surface area contributed by atoms with Crippen LogP contribution in [0.1, 0.15) is 24.1 Å². The Labute approximate surface area is 173 Å². The Balaban J connectivity index is 1.90. The second-order valence-corrected chi connectivity index (χ2v) is 6.59. The predicted octanol–water partition coefficient (Wildman–Crippen LogP) is 3.50. The van der Waals surface area contributed by atoms with E-state index in [9.17, 15) is 14.7 Å². The Hall–Kier alpha value is -4.00. The quantitative estimate of drug-likeness (QED) is 0.400. The molecule has 1 aliphatic heterocycles. The van der Waals surface area contributed by atoms with Gasteiger partial charge in [0.25, 0.3) is 5.78 Å². The van der Waals surface area contributed by atoms with Gasteiger partial charge in [0.2, 0.25) is 5.95 Å². The van der Waals surface area contributed by atoms with Crippen LogP contribution in [0, 0.1) is 0 Å². The van der Waals surface area contributed by atoms with Crippen LogP contribution in [-0.4, -0.2) is 33.4 Å². The zero-order valence-corrected chi connectivity index (χ0v) is 16.2. The molecule has 1 saturated heterocycles. The first-order valence-electron chi connectivity index (χ1n) is 9.48. The van der Waals surface area contributed by atoms with Crippen molar-refractivity contribution < 1.29 is 19.4 Å². The normalized spacial score (nSPS) is 17.9. The number of rotatable bonds is 5. The van der Waals surface area contributed by atoms with Crippen LogP contribution in [-0.2, 0) is 9.59 Å². The number of carbonyl (C=O) groups is 2. The van der Waals surface area contributed by atoms with Crippen molar-refractivity contribution in [2.45, 2.75) is 13.0 Å². The molecule has 1 aliphatic rings. The third-order valence-electron chi connectivity index (χ3n) is 4.77. The van der Waals surface area contributed by atoms with E-state index in [1.807, 2.05) is 6.92 Å². The highest BCUT2D eigenvalue weighted by Crippen LogP contribution is 2.41. The van der Waals surface area contributed by atoms with E-state index < -0.39 is 17.7 Å². The molecule has 1 atom stereocenters. The molecule has 2 aromatic carbocycles. The highest BCUT2D eigenvalue weighted by Gasteiger charge is 2.48. The van der Waals surface area contributed by atoms with E-state index in [0.29, 0.717) is 23.5 Å². The minimum Gasteiger partial charge on any atom is -0.507 e. The molecule has 1 amide bonds. The monoisotopic (exact) mass is 401 g/mol. The van der Waals surface area contributed by atoms with Gasteiger partial charge in [-0.3, -0.25) is 14.5 Å². The molecule has 0 radical (unpaired) electrons. The summed E-state index contributed by atoms with van der Waals surface area (Å²) >= 11 is 0. The standard InChI is InChI=1S/C23H19N3O4/c1-2-30-17-11-9-15(10-12-17)19-18(20(27)16-7-4-3-5-8-16)21(28)22(29)26(19)23-24-13-6-14-25-23/h3-14,19,27H,2H2,1H3/b20-18-. The maximum absolute atomic E-state index is 13.0. The Kier molecular flexibility index (Phi) is 5.26. The first kappa shape index (κ1) is 19.3. The number of hydrogen-bond acceptors (Lipinski definition) is 6. The number of ketones is 1. The Morgan fingerprint density at radius 2 is 1.67 bits per heavy atom. The summed E-state index contributed by atoms with van der Waals surface area (Å²) in [7, 11) is 0. The molecule has 0 spiro atoms. The van der Waals surface area contributed by atoms with Gasteiger partial charge in [-0.15, -0.1) is 0 Å². The molecule has 0 aliphatic carbocycles. The highest BCUT2D eigenvalue weighted by molar-refractivity contribution is 6.51. The lowest BCUT2D eigenvalue weighted by Crippen LogP contribution is -2.31. The largest absolute Gasteiger partial charge is 0.507 e. The van der Waals surface area contributed by atoms with Crippen molar-refractivity contribution in [2.75, 3.05) is 11.5 Å². The zero-order chi connectivity index (χ0) is 21.1. The summed E-state index contributed by atoms with van der Waals surface area (Å²) in [4.78, 5) is 35.4. The average Bonchev–Trinajstić information content (AvgIpc) is 3.06. The minimum absolute atomic E-state index is 0.0113. The van der Waals surface area contributed by atoms with Gasteiger partial charge in [-0.05, 0) is 30.7 Å². The number of hydrogen-bond donors (Lipinski definition) is 1. The molecule has 3 aromatic rings. The number of Topliss-reactive ketones (excluding diaryl/α,β-unsaturated/α-hetero) is 1. The molecule has 1 unspecified atom stereocenters. The lowest BCUT2D eigenvalue weighted by atomic mass is 9.95. The van der Waals surface area contributed by atoms with Gasteiger partial charge in [0.05, 0.1) is 18.2 Å². The molecule has 4 rings (SSSR count). The van der Waals surface area contributed by atoms with Crippen molar-refractivity contribution in [3.8, 4) is 5.75 Å². The molecule has 0 saturated carbocycles. The Bertz CT molecular complexity index is 1100. The van der Waals surface area contributed by atoms with E-state index in [0.717, 1.165) is 0 Å². The van der Waals surface area contributed by atoms with Gasteiger partial charge in [0.1, 0.15) is 11.5 Å². The molecule has 30 heavy (non-hydrogen) atoms. The van der Waals surface area contributed by atoms with Crippen molar-refractivity contribution in [3.05, 3.63) is 89.8 Å². The maximum atomic E-state index is 13.0. The van der Waals surface area contributed by atoms with Gasteiger partial charge < -0.3 is 9.84 Å². The van der Waals surface area contributed by atoms with Crippen molar-refractivity contribution in [2.24, 2.45) is 0 Å². The summed E-state index contributed by atoms with van der Waals surface area (Å²) in [6, 6.07) is 16.4. The lowest BCUT2D eigenvalue weighted by molar-refractivity contribution is -0.132. The fourth-order valence-corrected chi connectivity index (χ4v) is 3.43. The molecule has 2 heterocycles. The first-order valence-corrected chi connectivity index (χ1v) is 9.48. The number of carbonyl (C=O) groups excluding carboxylic acids is 2. The summed E-state index contributed by atoms with van der Waals surface area (Å²) in [5.41, 5.74) is 1.06. The highest BCUT2D eigenvalue weighted by atomic mass is 16.5. The van der Waals surface area contributed by atoms with Crippen molar-refractivity contribution >= 4 is 23.4 Å². The van der Waals surface area contributed by atoms with Crippen LogP contribution < -0.4 is 9.64 Å². The van der Waals surface area contributed by atoms with Crippen LogP contribution in [0.5, 0.6) is 5.75 Å². The van der Waals surface area contributed by atoms with Gasteiger partial charge in [-0.1, -0.05) is 42.5 Å². The summed E-state index contributed by atoms with van der Waals surface area (Å²) in [6.07, 6.45) is 2.99. The predicted molar refractivity (Wildman–Crippen MR) is 111 cm³/mol. The summed E-state index contributed by atoms with van der Waals surface area (Å²) in [6.45, 7) is 2.40. The molecule has 1 aromatic heterocycles. The van der Waals surface area contributed by atoms with Crippen molar-refractivity contribution in [3.63, 3.8) is 0 Å². The molecule has 7 heteroatoms. The van der Waals surface area contributed by atoms with Crippen LogP contribution in [0.3, 0.4) is 0 Å². The van der Waals surface area contributed by atoms with Crippen molar-refractivity contribution in [1.29, 1.82) is 0 Å². The number of aromatic nitrogens is 2. The zero-order valence-electron chi connectivity index (χ0n) is 16.2. The second-order valence-electron chi connectivity index (χ2n) is 6.59. The van der Waals surface area contributed by atoms with Crippen LogP contribution in [0.4, 0.5) is 5.95 Å². The Morgan fingerprint density at radius 3 is 2.30 bits per heavy atom. The van der Waals surface area contributed by atoms with Gasteiger partial charge in [-0.25, -0.2) is 9.97 Å². The molecule has 1 N–H and O–H groups in total. The fourth-order valence-electron chi connectivity index (χ4n) is 3.43. The number of amides is 1. The van der Waals surface area contributed by atoms with E-state index in [1.54, 1.807) is 60.7 Å². The van der Waals surface area contributed by atoms with Gasteiger partial charge in [0, 0.05) is 18.0 Å². The fraction of sp³-hybridized carbons (Fsp3) is 0.130. The van der Waals surface area contributed by atoms with Crippen LogP contribution in [0.2, 0.25) is 0 Å². The summed E-state index contributed by atoms with van der Waals surface area (Å²) in [5.74, 6) is -1.07. The number of ether oxygens (including phenoxy) is 1. The maximum Gasteiger partial charge on any atom is 0.302 e. The van der Waals surface area contributed by atoms with E-state index in [4.69, 9.17) is 4.74 Å². The van der Waals surface area contributed by atoms with E-state index in [-0.39, 0.29) is 17.3 Å². The van der Waals surface area contributed by atoms with E-state index in [1.165, 1.54) is 17.3 Å². The van der Waals surface area contributed by atoms with Crippen LogP contribution in [0.15, 0.2) is 78.6 Å². The molecular weight excluding hydrogens is 382 g/mol. The third-order valence-corrected chi connectivity index (χ3v) is 4.77. The average molecular weight is 401 g/mol. The number of anilines is 1. The molecule has 7 nitrogen and oxygen atoms in total. The summed E-state index contributed by atoms with van der Waals surface area (Å²) < 4.78 is 5.49. The van der Waals surface area contributed by atoms with E-state index >= 15 is 0 Å². The first-order chi connectivity index (χ1) is 14.6. The van der Waals surface area contributed by atoms with E-state index in [2.05, 4.69) is 9.97 Å². The summed E-state index contributed by atoms with van der Waals surface area (Å²) in [5, 5.41) is 11.0. The smallest absolute Gasteiger partial charge is 0.302 e. The Morgan fingerprint density at radius 1 is 1.00 bits per heavy atom. The second kappa shape index (κ2) is 8.16. The number of aliphatic hydroxyl groups excluding tert-OH is 1. The lowest BCUT2D eigenvalue weighted by Gasteiger charge is -2.23. The number of nitrogens with zero attached hydrogens (tertiary/aromatic N) is 3. The van der Waals surface area contributed by atoms with Gasteiger partial charge in [-0.2, -0.15) is 0 Å². The topological polar surface area (TPSA) is 92.6 Å². The minimum atomic E-state index is -0.872. The third kappa shape index (κ3) is 3.41. The number of benzene rings is 2. The van der Waals surface area contributed by atoms with Crippen molar-refractivity contribution in [1.82, 2.24) is 9.97 Å².